The molecule has 3 aromatic rings. The van der Waals surface area contributed by atoms with Crippen molar-refractivity contribution in [2.75, 3.05) is 6.54 Å². The van der Waals surface area contributed by atoms with Crippen LogP contribution in [0.15, 0.2) is 66.7 Å². The molecule has 5 rings (SSSR count). The van der Waals surface area contributed by atoms with E-state index in [0.29, 0.717) is 25.3 Å². The van der Waals surface area contributed by atoms with Gasteiger partial charge in [-0.1, -0.05) is 67.8 Å². The number of nitrogens with zero attached hydrogens (tertiary/aromatic N) is 1. The van der Waals surface area contributed by atoms with Crippen LogP contribution in [-0.4, -0.2) is 29.4 Å². The highest BCUT2D eigenvalue weighted by Gasteiger charge is 2.36. The summed E-state index contributed by atoms with van der Waals surface area (Å²) < 4.78 is 20.1. The van der Waals surface area contributed by atoms with Crippen molar-refractivity contribution in [3.8, 4) is 5.75 Å². The number of hydrogen-bond acceptors (Lipinski definition) is 3. The van der Waals surface area contributed by atoms with Crippen LogP contribution < -0.4 is 10.1 Å². The molecular formula is C33H37FN2O3. The zero-order chi connectivity index (χ0) is 27.4. The number of carbonyl (C=O) groups is 2. The van der Waals surface area contributed by atoms with E-state index in [-0.39, 0.29) is 29.6 Å². The van der Waals surface area contributed by atoms with Crippen molar-refractivity contribution < 1.29 is 18.7 Å². The molecule has 1 aliphatic carbocycles. The third kappa shape index (κ3) is 6.16. The van der Waals surface area contributed by atoms with E-state index in [1.807, 2.05) is 55.1 Å². The van der Waals surface area contributed by atoms with Gasteiger partial charge in [-0.05, 0) is 79.1 Å². The van der Waals surface area contributed by atoms with Crippen LogP contribution in [0.1, 0.15) is 72.9 Å². The Hall–Kier alpha value is -3.67. The standard InChI is InChI=1S/C33H37FN2O3/c1-3-30(32(37)35-21-23-8-6-7-22(2)19-23)39-28-16-13-24-17-18-36(33(38)26-9-4-5-10-26)31(29(24)20-28)25-11-14-27(34)15-12-25/h6-8,11-16,19-20,26,30-31H,3-5,9-10,17-18,21H2,1-2H3,(H,35,37). The molecule has 5 nitrogen and oxygen atoms in total. The molecule has 1 saturated carbocycles. The van der Waals surface area contributed by atoms with Crippen molar-refractivity contribution in [1.29, 1.82) is 0 Å². The van der Waals surface area contributed by atoms with Crippen molar-refractivity contribution in [2.45, 2.75) is 71.1 Å². The highest BCUT2D eigenvalue weighted by Crippen LogP contribution is 2.40. The molecule has 0 saturated heterocycles. The second kappa shape index (κ2) is 12.0. The van der Waals surface area contributed by atoms with E-state index in [1.165, 1.54) is 12.1 Å². The summed E-state index contributed by atoms with van der Waals surface area (Å²) in [4.78, 5) is 28.6. The summed E-state index contributed by atoms with van der Waals surface area (Å²) in [5.74, 6) is 0.359. The van der Waals surface area contributed by atoms with Gasteiger partial charge in [-0.2, -0.15) is 0 Å². The van der Waals surface area contributed by atoms with Crippen LogP contribution in [0.4, 0.5) is 4.39 Å². The second-order valence-corrected chi connectivity index (χ2v) is 10.8. The normalized spacial score (nSPS) is 17.9. The molecule has 1 N–H and O–H groups in total. The maximum Gasteiger partial charge on any atom is 0.261 e. The Kier molecular flexibility index (Phi) is 8.30. The number of hydrogen-bond donors (Lipinski definition) is 1. The molecule has 0 radical (unpaired) electrons. The molecule has 3 aromatic carbocycles. The number of fused-ring (bicyclic) bond motifs is 1. The van der Waals surface area contributed by atoms with E-state index in [2.05, 4.69) is 11.4 Å². The third-order valence-electron chi connectivity index (χ3n) is 8.01. The molecule has 0 bridgehead atoms. The summed E-state index contributed by atoms with van der Waals surface area (Å²) in [7, 11) is 0. The molecule has 2 unspecified atom stereocenters. The van der Waals surface area contributed by atoms with Gasteiger partial charge in [-0.15, -0.1) is 0 Å². The minimum Gasteiger partial charge on any atom is -0.481 e. The van der Waals surface area contributed by atoms with Crippen LogP contribution in [0.2, 0.25) is 0 Å². The van der Waals surface area contributed by atoms with Gasteiger partial charge in [-0.25, -0.2) is 4.39 Å². The minimum atomic E-state index is -0.642. The highest BCUT2D eigenvalue weighted by atomic mass is 19.1. The Labute approximate surface area is 230 Å². The number of amides is 2. The van der Waals surface area contributed by atoms with E-state index < -0.39 is 6.10 Å². The SMILES string of the molecule is CCC(Oc1ccc2c(c1)C(c1ccc(F)cc1)N(C(=O)C1CCCC1)CC2)C(=O)NCc1cccc(C)c1. The minimum absolute atomic E-state index is 0.0514. The van der Waals surface area contributed by atoms with Crippen molar-refractivity contribution in [1.82, 2.24) is 10.2 Å². The van der Waals surface area contributed by atoms with E-state index in [0.717, 1.165) is 59.9 Å². The molecular weight excluding hydrogens is 491 g/mol. The van der Waals surface area contributed by atoms with Gasteiger partial charge in [0.25, 0.3) is 5.91 Å². The Morgan fingerprint density at radius 1 is 1.05 bits per heavy atom. The third-order valence-corrected chi connectivity index (χ3v) is 8.01. The Bertz CT molecular complexity index is 1320. The topological polar surface area (TPSA) is 58.6 Å². The number of carbonyl (C=O) groups excluding carboxylic acids is 2. The fraction of sp³-hybridized carbons (Fsp3) is 0.394. The van der Waals surface area contributed by atoms with Crippen molar-refractivity contribution >= 4 is 11.8 Å². The zero-order valence-corrected chi connectivity index (χ0v) is 22.8. The van der Waals surface area contributed by atoms with Crippen LogP contribution in [-0.2, 0) is 22.6 Å². The molecule has 1 heterocycles. The molecule has 2 atom stereocenters. The summed E-state index contributed by atoms with van der Waals surface area (Å²) in [6, 6.07) is 20.1. The first-order valence-electron chi connectivity index (χ1n) is 14.1. The smallest absolute Gasteiger partial charge is 0.261 e. The molecule has 0 spiro atoms. The van der Waals surface area contributed by atoms with Crippen LogP contribution in [0.5, 0.6) is 5.75 Å². The summed E-state index contributed by atoms with van der Waals surface area (Å²) in [6.07, 6.45) is 4.66. The van der Waals surface area contributed by atoms with E-state index >= 15 is 0 Å². The summed E-state index contributed by atoms with van der Waals surface area (Å²) in [5, 5.41) is 3.00. The first-order valence-corrected chi connectivity index (χ1v) is 14.1. The van der Waals surface area contributed by atoms with Crippen LogP contribution in [0, 0.1) is 18.7 Å². The summed E-state index contributed by atoms with van der Waals surface area (Å²) in [5.41, 5.74) is 5.19. The number of nitrogens with one attached hydrogen (secondary N) is 1. The number of benzene rings is 3. The van der Waals surface area contributed by atoms with Crippen LogP contribution in [0.25, 0.3) is 0 Å². The Balaban J connectivity index is 1.38. The lowest BCUT2D eigenvalue weighted by Crippen LogP contribution is -2.43. The molecule has 1 fully saturated rings. The molecule has 2 amide bonds. The fourth-order valence-corrected chi connectivity index (χ4v) is 5.93. The summed E-state index contributed by atoms with van der Waals surface area (Å²) >= 11 is 0. The number of rotatable bonds is 8. The van der Waals surface area contributed by atoms with Gasteiger partial charge >= 0.3 is 0 Å². The molecule has 204 valence electrons. The lowest BCUT2D eigenvalue weighted by molar-refractivity contribution is -0.137. The van der Waals surface area contributed by atoms with Crippen LogP contribution >= 0.6 is 0 Å². The summed E-state index contributed by atoms with van der Waals surface area (Å²) in [6.45, 7) is 5.03. The van der Waals surface area contributed by atoms with Crippen molar-refractivity contribution in [3.05, 3.63) is 100 Å². The number of halogens is 1. The van der Waals surface area contributed by atoms with Gasteiger partial charge in [0.1, 0.15) is 11.6 Å². The first-order chi connectivity index (χ1) is 18.9. The van der Waals surface area contributed by atoms with E-state index in [1.54, 1.807) is 12.1 Å². The maximum atomic E-state index is 13.8. The lowest BCUT2D eigenvalue weighted by atomic mass is 9.87. The molecule has 39 heavy (non-hydrogen) atoms. The predicted octanol–water partition coefficient (Wildman–Crippen LogP) is 6.27. The maximum absolute atomic E-state index is 13.8. The zero-order valence-electron chi connectivity index (χ0n) is 22.8. The average molecular weight is 529 g/mol. The quantitative estimate of drug-likeness (QED) is 0.375. The Morgan fingerprint density at radius 3 is 2.54 bits per heavy atom. The first kappa shape index (κ1) is 26.9. The van der Waals surface area contributed by atoms with Gasteiger partial charge < -0.3 is 15.0 Å². The highest BCUT2D eigenvalue weighted by molar-refractivity contribution is 5.81. The van der Waals surface area contributed by atoms with E-state index in [9.17, 15) is 14.0 Å². The lowest BCUT2D eigenvalue weighted by Gasteiger charge is -2.39. The van der Waals surface area contributed by atoms with Gasteiger partial charge in [0.2, 0.25) is 5.91 Å². The van der Waals surface area contributed by atoms with Gasteiger partial charge in [-0.3, -0.25) is 9.59 Å². The van der Waals surface area contributed by atoms with Crippen LogP contribution in [0.3, 0.4) is 0 Å². The fourth-order valence-electron chi connectivity index (χ4n) is 5.93. The van der Waals surface area contributed by atoms with Gasteiger partial charge in [0.15, 0.2) is 6.10 Å². The molecule has 2 aliphatic rings. The Morgan fingerprint density at radius 2 is 1.82 bits per heavy atom. The van der Waals surface area contributed by atoms with Crippen molar-refractivity contribution in [3.63, 3.8) is 0 Å². The molecule has 0 aromatic heterocycles. The van der Waals surface area contributed by atoms with E-state index in [4.69, 9.17) is 4.74 Å². The van der Waals surface area contributed by atoms with Crippen molar-refractivity contribution in [2.24, 2.45) is 5.92 Å². The number of aryl methyl sites for hydroxylation is 1. The number of ether oxygens (including phenoxy) is 1. The monoisotopic (exact) mass is 528 g/mol. The molecule has 1 aliphatic heterocycles. The predicted molar refractivity (Wildman–Crippen MR) is 150 cm³/mol. The van der Waals surface area contributed by atoms with Gasteiger partial charge in [0, 0.05) is 19.0 Å². The average Bonchev–Trinajstić information content (AvgIpc) is 3.49. The molecule has 6 heteroatoms. The largest absolute Gasteiger partial charge is 0.481 e. The second-order valence-electron chi connectivity index (χ2n) is 10.8. The van der Waals surface area contributed by atoms with Gasteiger partial charge in [0.05, 0.1) is 6.04 Å².